The van der Waals surface area contributed by atoms with Gasteiger partial charge < -0.3 is 9.64 Å². The van der Waals surface area contributed by atoms with E-state index in [4.69, 9.17) is 27.9 Å². The van der Waals surface area contributed by atoms with Crippen LogP contribution in [0.5, 0.6) is 5.75 Å². The highest BCUT2D eigenvalue weighted by Gasteiger charge is 2.36. The van der Waals surface area contributed by atoms with E-state index < -0.39 is 27.4 Å². The van der Waals surface area contributed by atoms with Crippen LogP contribution in [0.15, 0.2) is 53.5 Å². The molecule has 1 aromatic heterocycles. The molecular formula is C27H29Cl2FN4O4S. The number of hydrogen-bond donors (Lipinski definition) is 0. The van der Waals surface area contributed by atoms with E-state index in [-0.39, 0.29) is 30.6 Å². The van der Waals surface area contributed by atoms with E-state index in [1.54, 1.807) is 24.3 Å². The number of benzene rings is 2. The van der Waals surface area contributed by atoms with Gasteiger partial charge in [-0.2, -0.15) is 14.1 Å². The van der Waals surface area contributed by atoms with Gasteiger partial charge in [0.25, 0.3) is 0 Å². The van der Waals surface area contributed by atoms with Crippen molar-refractivity contribution in [2.24, 2.45) is 0 Å². The first kappa shape index (κ1) is 27.9. The molecule has 0 amide bonds. The van der Waals surface area contributed by atoms with E-state index in [9.17, 15) is 17.6 Å². The molecule has 208 valence electrons. The van der Waals surface area contributed by atoms with Crippen molar-refractivity contribution in [3.8, 4) is 11.4 Å². The van der Waals surface area contributed by atoms with Crippen LogP contribution >= 0.6 is 23.2 Å². The Hall–Kier alpha value is -2.66. The zero-order valence-electron chi connectivity index (χ0n) is 21.4. The van der Waals surface area contributed by atoms with Crippen molar-refractivity contribution in [3.63, 3.8) is 0 Å². The summed E-state index contributed by atoms with van der Waals surface area (Å²) in [5, 5.41) is 5.04. The van der Waals surface area contributed by atoms with Gasteiger partial charge in [0.1, 0.15) is 11.5 Å². The second-order valence-corrected chi connectivity index (χ2v) is 12.7. The Balaban J connectivity index is 1.56. The predicted octanol–water partition coefficient (Wildman–Crippen LogP) is 5.21. The number of nitrogens with zero attached hydrogens (tertiary/aromatic N) is 4. The maximum Gasteiger partial charge on any atom is 0.316 e. The maximum absolute atomic E-state index is 14.0. The van der Waals surface area contributed by atoms with Crippen LogP contribution in [0.25, 0.3) is 5.69 Å². The quantitative estimate of drug-likeness (QED) is 0.389. The number of aromatic nitrogens is 2. The average Bonchev–Trinajstić information content (AvgIpc) is 2.91. The second-order valence-electron chi connectivity index (χ2n) is 9.94. The third-order valence-electron chi connectivity index (χ3n) is 7.23. The van der Waals surface area contributed by atoms with Crippen LogP contribution in [0.2, 0.25) is 10.0 Å². The molecule has 0 N–H and O–H groups in total. The number of ether oxygens (including phenoxy) is 1. The van der Waals surface area contributed by atoms with Crippen LogP contribution in [-0.4, -0.2) is 54.5 Å². The van der Waals surface area contributed by atoms with Gasteiger partial charge in [0.15, 0.2) is 0 Å². The Morgan fingerprint density at radius 2 is 1.79 bits per heavy atom. The summed E-state index contributed by atoms with van der Waals surface area (Å²) in [6, 6.07) is 10.1. The topological polar surface area (TPSA) is 84.7 Å². The summed E-state index contributed by atoms with van der Waals surface area (Å²) in [4.78, 5) is 15.7. The van der Waals surface area contributed by atoms with Crippen molar-refractivity contribution in [1.82, 2.24) is 14.1 Å². The number of anilines is 1. The molecule has 0 radical (unpaired) electrons. The lowest BCUT2D eigenvalue weighted by Crippen LogP contribution is -2.51. The normalized spacial score (nSPS) is 19.3. The number of hydrogen-bond acceptors (Lipinski definition) is 6. The first-order valence-corrected chi connectivity index (χ1v) is 15.4. The Labute approximate surface area is 236 Å². The van der Waals surface area contributed by atoms with E-state index in [1.165, 1.54) is 35.0 Å². The Morgan fingerprint density at radius 3 is 2.49 bits per heavy atom. The van der Waals surface area contributed by atoms with Gasteiger partial charge in [-0.1, -0.05) is 41.8 Å². The molecule has 2 fully saturated rings. The lowest BCUT2D eigenvalue weighted by atomic mass is 9.98. The van der Waals surface area contributed by atoms with Gasteiger partial charge >= 0.3 is 5.56 Å². The molecule has 12 heteroatoms. The lowest BCUT2D eigenvalue weighted by molar-refractivity contribution is 0.152. The third-order valence-corrected chi connectivity index (χ3v) is 9.26. The monoisotopic (exact) mass is 594 g/mol. The number of rotatable bonds is 6. The van der Waals surface area contributed by atoms with Crippen molar-refractivity contribution in [2.75, 3.05) is 30.8 Å². The number of sulfonamides is 1. The first-order chi connectivity index (χ1) is 18.6. The molecule has 2 aliphatic rings. The largest absolute Gasteiger partial charge is 0.483 e. The van der Waals surface area contributed by atoms with E-state index in [2.05, 4.69) is 5.10 Å². The second kappa shape index (κ2) is 11.4. The van der Waals surface area contributed by atoms with Gasteiger partial charge in [0.05, 0.1) is 40.3 Å². The standard InChI is InChI=1S/C27H29Cl2FN4O4S/c1-39(36,37)33-13-12-32(17-25(33)18-10-11-22(28)23(29)14-18)24-16-31-34(20-7-5-6-19(30)15-20)27(35)26(24)38-21-8-3-2-4-9-21/h5-7,10-11,14-16,21,25H,2-4,8-9,12-13,17H2,1H3. The van der Waals surface area contributed by atoms with E-state index >= 15 is 0 Å². The maximum atomic E-state index is 14.0. The fourth-order valence-corrected chi connectivity index (χ4v) is 6.65. The van der Waals surface area contributed by atoms with Crippen molar-refractivity contribution in [2.45, 2.75) is 44.2 Å². The summed E-state index contributed by atoms with van der Waals surface area (Å²) in [6.45, 7) is 0.730. The molecule has 5 rings (SSSR count). The molecular weight excluding hydrogens is 566 g/mol. The molecule has 0 bridgehead atoms. The van der Waals surface area contributed by atoms with Crippen LogP contribution in [-0.2, 0) is 10.0 Å². The molecule has 1 saturated carbocycles. The average molecular weight is 596 g/mol. The minimum atomic E-state index is -3.56. The summed E-state index contributed by atoms with van der Waals surface area (Å²) in [7, 11) is -3.56. The van der Waals surface area contributed by atoms with Crippen LogP contribution in [0, 0.1) is 5.82 Å². The van der Waals surface area contributed by atoms with E-state index in [0.29, 0.717) is 27.8 Å². The Kier molecular flexibility index (Phi) is 8.19. The summed E-state index contributed by atoms with van der Waals surface area (Å²) < 4.78 is 48.3. The Morgan fingerprint density at radius 1 is 1.03 bits per heavy atom. The van der Waals surface area contributed by atoms with Gasteiger partial charge in [0.2, 0.25) is 15.8 Å². The molecule has 39 heavy (non-hydrogen) atoms. The lowest BCUT2D eigenvalue weighted by Gasteiger charge is -2.41. The van der Waals surface area contributed by atoms with Gasteiger partial charge in [-0.3, -0.25) is 4.79 Å². The number of halogens is 3. The molecule has 8 nitrogen and oxygen atoms in total. The molecule has 1 atom stereocenters. The van der Waals surface area contributed by atoms with Gasteiger partial charge in [-0.05, 0) is 61.6 Å². The van der Waals surface area contributed by atoms with E-state index in [1.807, 2.05) is 4.90 Å². The third kappa shape index (κ3) is 6.09. The summed E-state index contributed by atoms with van der Waals surface area (Å²) in [5.74, 6) is -0.358. The van der Waals surface area contributed by atoms with Crippen molar-refractivity contribution in [3.05, 3.63) is 80.4 Å². The predicted molar refractivity (Wildman–Crippen MR) is 150 cm³/mol. The summed E-state index contributed by atoms with van der Waals surface area (Å²) in [5.41, 5.74) is 0.933. The molecule has 2 heterocycles. The molecule has 0 spiro atoms. The van der Waals surface area contributed by atoms with Gasteiger partial charge in [0, 0.05) is 19.6 Å². The molecule has 2 aromatic carbocycles. The van der Waals surface area contributed by atoms with Gasteiger partial charge in [-0.15, -0.1) is 0 Å². The van der Waals surface area contributed by atoms with Crippen molar-refractivity contribution >= 4 is 38.9 Å². The molecule has 1 aliphatic heterocycles. The SMILES string of the molecule is CS(=O)(=O)N1CCN(c2cnn(-c3cccc(F)c3)c(=O)c2OC2CCCCC2)CC1c1ccc(Cl)c(Cl)c1. The number of piperazine rings is 1. The fraction of sp³-hybridized carbons (Fsp3) is 0.407. The van der Waals surface area contributed by atoms with Crippen LogP contribution < -0.4 is 15.2 Å². The molecule has 3 aromatic rings. The molecule has 1 unspecified atom stereocenters. The van der Waals surface area contributed by atoms with Gasteiger partial charge in [-0.25, -0.2) is 12.8 Å². The summed E-state index contributed by atoms with van der Waals surface area (Å²) in [6.07, 6.45) is 7.38. The molecule has 1 saturated heterocycles. The first-order valence-electron chi connectivity index (χ1n) is 12.8. The van der Waals surface area contributed by atoms with Crippen LogP contribution in [0.3, 0.4) is 0 Å². The highest BCUT2D eigenvalue weighted by molar-refractivity contribution is 7.88. The Bertz CT molecular complexity index is 1530. The molecule has 1 aliphatic carbocycles. The van der Waals surface area contributed by atoms with E-state index in [0.717, 1.165) is 36.8 Å². The highest BCUT2D eigenvalue weighted by atomic mass is 35.5. The minimum absolute atomic E-state index is 0.127. The fourth-order valence-electron chi connectivity index (χ4n) is 5.28. The summed E-state index contributed by atoms with van der Waals surface area (Å²) >= 11 is 12.4. The smallest absolute Gasteiger partial charge is 0.316 e. The zero-order valence-corrected chi connectivity index (χ0v) is 23.7. The van der Waals surface area contributed by atoms with Crippen molar-refractivity contribution < 1.29 is 17.5 Å². The zero-order chi connectivity index (χ0) is 27.7. The van der Waals surface area contributed by atoms with Crippen LogP contribution in [0.1, 0.15) is 43.7 Å². The minimum Gasteiger partial charge on any atom is -0.483 e. The van der Waals surface area contributed by atoms with Crippen LogP contribution in [0.4, 0.5) is 10.1 Å². The van der Waals surface area contributed by atoms with Crippen molar-refractivity contribution in [1.29, 1.82) is 0 Å². The highest BCUT2D eigenvalue weighted by Crippen LogP contribution is 2.36.